The molecule has 0 aliphatic carbocycles. The largest absolute Gasteiger partial charge is 0.382 e. The maximum Gasteiger partial charge on any atom is 0.124 e. The van der Waals surface area contributed by atoms with Gasteiger partial charge < -0.3 is 14.2 Å². The first-order valence-electron chi connectivity index (χ1n) is 7.69. The van der Waals surface area contributed by atoms with Gasteiger partial charge in [-0.15, -0.1) is 11.8 Å². The third kappa shape index (κ3) is 5.31. The third-order valence-electron chi connectivity index (χ3n) is 3.70. The Morgan fingerprint density at radius 1 is 1.00 bits per heavy atom. The fraction of sp³-hybridized carbons (Fsp3) is 0.368. The summed E-state index contributed by atoms with van der Waals surface area (Å²) in [4.78, 5) is 0.864. The highest BCUT2D eigenvalue weighted by Gasteiger charge is 2.24. The smallest absolute Gasteiger partial charge is 0.124 e. The van der Waals surface area contributed by atoms with Gasteiger partial charge in [-0.3, -0.25) is 0 Å². The van der Waals surface area contributed by atoms with Gasteiger partial charge in [0, 0.05) is 32.0 Å². The highest BCUT2D eigenvalue weighted by molar-refractivity contribution is 7.98. The van der Waals surface area contributed by atoms with E-state index in [1.54, 1.807) is 39.2 Å². The molecular formula is C19H23FO3S. The molecule has 0 heterocycles. The van der Waals surface area contributed by atoms with Crippen LogP contribution in [0.25, 0.3) is 0 Å². The Kier molecular flexibility index (Phi) is 7.72. The summed E-state index contributed by atoms with van der Waals surface area (Å²) in [5, 5.41) is 0. The second kappa shape index (κ2) is 9.79. The summed E-state index contributed by atoms with van der Waals surface area (Å²) in [6, 6.07) is 15.1. The fourth-order valence-corrected chi connectivity index (χ4v) is 3.46. The van der Waals surface area contributed by atoms with E-state index in [-0.39, 0.29) is 18.0 Å². The number of hydrogen-bond acceptors (Lipinski definition) is 4. The fourth-order valence-electron chi connectivity index (χ4n) is 2.52. The van der Waals surface area contributed by atoms with Crippen LogP contribution in [0.4, 0.5) is 4.39 Å². The minimum atomic E-state index is -0.387. The zero-order valence-corrected chi connectivity index (χ0v) is 15.0. The zero-order valence-electron chi connectivity index (χ0n) is 14.2. The maximum atomic E-state index is 14.1. The van der Waals surface area contributed by atoms with Crippen LogP contribution in [0.3, 0.4) is 0 Å². The van der Waals surface area contributed by atoms with E-state index in [9.17, 15) is 4.39 Å². The standard InChI is InChI=1S/C19H23FO3S/c1-21-12-18(22-2)19(23-3)15-9-16(20)11-17(10-15)24-13-14-7-5-4-6-8-14/h4-11,18-19H,12-13H2,1-3H3/t18-,19+/m1/s1. The molecular weight excluding hydrogens is 327 g/mol. The molecule has 0 saturated carbocycles. The molecule has 0 N–H and O–H groups in total. The Morgan fingerprint density at radius 2 is 1.75 bits per heavy atom. The quantitative estimate of drug-likeness (QED) is 0.624. The van der Waals surface area contributed by atoms with Crippen LogP contribution in [-0.4, -0.2) is 34.0 Å². The second-order valence-electron chi connectivity index (χ2n) is 5.38. The molecule has 0 saturated heterocycles. The minimum Gasteiger partial charge on any atom is -0.382 e. The Labute approximate surface area is 147 Å². The van der Waals surface area contributed by atoms with Gasteiger partial charge in [0.25, 0.3) is 0 Å². The van der Waals surface area contributed by atoms with Crippen molar-refractivity contribution in [3.63, 3.8) is 0 Å². The van der Waals surface area contributed by atoms with Crippen molar-refractivity contribution in [3.05, 3.63) is 65.5 Å². The first-order valence-corrected chi connectivity index (χ1v) is 8.68. The summed E-state index contributed by atoms with van der Waals surface area (Å²) in [5.41, 5.74) is 1.95. The van der Waals surface area contributed by atoms with Crippen LogP contribution >= 0.6 is 11.8 Å². The topological polar surface area (TPSA) is 27.7 Å². The lowest BCUT2D eigenvalue weighted by molar-refractivity contribution is -0.0698. The minimum absolute atomic E-state index is 0.280. The third-order valence-corrected chi connectivity index (χ3v) is 4.74. The molecule has 3 nitrogen and oxygen atoms in total. The van der Waals surface area contributed by atoms with E-state index in [1.807, 2.05) is 24.3 Å². The molecule has 0 amide bonds. The number of hydrogen-bond donors (Lipinski definition) is 0. The van der Waals surface area contributed by atoms with Gasteiger partial charge in [0.15, 0.2) is 0 Å². The molecule has 0 fully saturated rings. The summed E-state index contributed by atoms with van der Waals surface area (Å²) < 4.78 is 30.2. The zero-order chi connectivity index (χ0) is 17.4. The second-order valence-corrected chi connectivity index (χ2v) is 6.43. The highest BCUT2D eigenvalue weighted by atomic mass is 32.2. The van der Waals surface area contributed by atoms with Crippen LogP contribution in [-0.2, 0) is 20.0 Å². The maximum absolute atomic E-state index is 14.1. The van der Waals surface area contributed by atoms with Gasteiger partial charge in [0.1, 0.15) is 18.0 Å². The average Bonchev–Trinajstić information content (AvgIpc) is 2.60. The number of thioether (sulfide) groups is 1. The summed E-state index contributed by atoms with van der Waals surface area (Å²) >= 11 is 1.59. The SMILES string of the molecule is COC[C@@H](OC)[C@@H](OC)c1cc(F)cc(SCc2ccccc2)c1. The molecule has 0 radical (unpaired) electrons. The van der Waals surface area contributed by atoms with E-state index >= 15 is 0 Å². The Balaban J connectivity index is 2.17. The Morgan fingerprint density at radius 3 is 2.38 bits per heavy atom. The van der Waals surface area contributed by atoms with Crippen molar-refractivity contribution in [2.75, 3.05) is 27.9 Å². The lowest BCUT2D eigenvalue weighted by atomic mass is 10.0. The molecule has 0 aromatic heterocycles. The van der Waals surface area contributed by atoms with E-state index in [2.05, 4.69) is 12.1 Å². The van der Waals surface area contributed by atoms with Gasteiger partial charge in [-0.2, -0.15) is 0 Å². The summed E-state index contributed by atoms with van der Waals surface area (Å²) in [6.07, 6.45) is -0.685. The molecule has 2 aromatic carbocycles. The van der Waals surface area contributed by atoms with Gasteiger partial charge in [-0.05, 0) is 29.3 Å². The van der Waals surface area contributed by atoms with Gasteiger partial charge in [0.2, 0.25) is 0 Å². The number of ether oxygens (including phenoxy) is 3. The molecule has 2 aromatic rings. The van der Waals surface area contributed by atoms with E-state index in [0.29, 0.717) is 6.61 Å². The van der Waals surface area contributed by atoms with Crippen molar-refractivity contribution in [3.8, 4) is 0 Å². The van der Waals surface area contributed by atoms with E-state index in [0.717, 1.165) is 16.2 Å². The van der Waals surface area contributed by atoms with Crippen molar-refractivity contribution in [2.45, 2.75) is 22.9 Å². The summed E-state index contributed by atoms with van der Waals surface area (Å²) in [5.74, 6) is 0.505. The van der Waals surface area contributed by atoms with Crippen molar-refractivity contribution in [1.29, 1.82) is 0 Å². The predicted octanol–water partition coefficient (Wildman–Crippen LogP) is 4.47. The van der Waals surface area contributed by atoms with Crippen molar-refractivity contribution >= 4 is 11.8 Å². The van der Waals surface area contributed by atoms with Crippen molar-refractivity contribution in [1.82, 2.24) is 0 Å². The molecule has 0 aliphatic rings. The molecule has 0 aliphatic heterocycles. The predicted molar refractivity (Wildman–Crippen MR) is 94.8 cm³/mol. The van der Waals surface area contributed by atoms with Gasteiger partial charge in [-0.1, -0.05) is 30.3 Å². The van der Waals surface area contributed by atoms with Crippen LogP contribution in [0.1, 0.15) is 17.2 Å². The monoisotopic (exact) mass is 350 g/mol. The molecule has 2 rings (SSSR count). The summed E-state index contributed by atoms with van der Waals surface area (Å²) in [6.45, 7) is 0.373. The van der Waals surface area contributed by atoms with E-state index < -0.39 is 0 Å². The Hall–Kier alpha value is -1.40. The molecule has 0 spiro atoms. The lowest BCUT2D eigenvalue weighted by Gasteiger charge is -2.25. The van der Waals surface area contributed by atoms with E-state index in [1.165, 1.54) is 11.6 Å². The molecule has 130 valence electrons. The normalized spacial score (nSPS) is 13.7. The van der Waals surface area contributed by atoms with Crippen LogP contribution in [0.2, 0.25) is 0 Å². The number of benzene rings is 2. The van der Waals surface area contributed by atoms with Crippen molar-refractivity contribution < 1.29 is 18.6 Å². The van der Waals surface area contributed by atoms with Crippen LogP contribution in [0.5, 0.6) is 0 Å². The Bertz CT molecular complexity index is 621. The number of halogens is 1. The van der Waals surface area contributed by atoms with Gasteiger partial charge >= 0.3 is 0 Å². The molecule has 5 heteroatoms. The van der Waals surface area contributed by atoms with Crippen LogP contribution in [0, 0.1) is 5.82 Å². The van der Waals surface area contributed by atoms with E-state index in [4.69, 9.17) is 14.2 Å². The number of methoxy groups -OCH3 is 3. The highest BCUT2D eigenvalue weighted by Crippen LogP contribution is 2.30. The molecule has 0 unspecified atom stereocenters. The first kappa shape index (κ1) is 18.9. The molecule has 24 heavy (non-hydrogen) atoms. The number of rotatable bonds is 9. The van der Waals surface area contributed by atoms with Crippen LogP contribution in [0.15, 0.2) is 53.4 Å². The average molecular weight is 350 g/mol. The lowest BCUT2D eigenvalue weighted by Crippen LogP contribution is -2.27. The van der Waals surface area contributed by atoms with Gasteiger partial charge in [0.05, 0.1) is 6.61 Å². The summed E-state index contributed by atoms with van der Waals surface area (Å²) in [7, 11) is 4.79. The molecule has 0 bridgehead atoms. The first-order chi connectivity index (χ1) is 11.7. The van der Waals surface area contributed by atoms with Crippen molar-refractivity contribution in [2.24, 2.45) is 0 Å². The van der Waals surface area contributed by atoms with Gasteiger partial charge in [-0.25, -0.2) is 4.39 Å². The van der Waals surface area contributed by atoms with Crippen LogP contribution < -0.4 is 0 Å². The molecule has 2 atom stereocenters.